The molecule has 0 fully saturated rings. The first-order valence-corrected chi connectivity index (χ1v) is 3.53. The normalized spacial score (nSPS) is 14.4. The van der Waals surface area contributed by atoms with E-state index in [0.29, 0.717) is 4.61 Å². The molecule has 4 heteroatoms. The molecule has 0 aromatic carbocycles. The summed E-state index contributed by atoms with van der Waals surface area (Å²) in [6, 6.07) is 0. The van der Waals surface area contributed by atoms with Crippen LogP contribution in [0.15, 0.2) is 21.4 Å². The Morgan fingerprint density at radius 3 is 2.12 bits per heavy atom. The van der Waals surface area contributed by atoms with Gasteiger partial charge in [-0.3, -0.25) is 0 Å². The predicted octanol–water partition coefficient (Wildman–Crippen LogP) is 0.660. The van der Waals surface area contributed by atoms with E-state index in [4.69, 9.17) is 5.73 Å². The quantitative estimate of drug-likeness (QED) is 0.515. The molecule has 0 saturated carbocycles. The highest BCUT2D eigenvalue weighted by Gasteiger charge is 1.84. The van der Waals surface area contributed by atoms with Crippen molar-refractivity contribution < 1.29 is 5.73 Å². The van der Waals surface area contributed by atoms with E-state index in [9.17, 15) is 0 Å². The van der Waals surface area contributed by atoms with Gasteiger partial charge in [0, 0.05) is 0 Å². The zero-order chi connectivity index (χ0) is 6.57. The Morgan fingerprint density at radius 2 is 2.00 bits per heavy atom. The molecule has 0 amide bonds. The van der Waals surface area contributed by atoms with Gasteiger partial charge in [0.15, 0.2) is 0 Å². The summed E-state index contributed by atoms with van der Waals surface area (Å²) in [5, 5.41) is 0. The molecule has 0 aliphatic heterocycles. The van der Waals surface area contributed by atoms with Gasteiger partial charge >= 0.3 is 0 Å². The molecule has 0 saturated heterocycles. The van der Waals surface area contributed by atoms with Crippen LogP contribution >= 0.6 is 31.9 Å². The lowest BCUT2D eigenvalue weighted by atomic mass is 10.6. The van der Waals surface area contributed by atoms with E-state index in [1.807, 2.05) is 0 Å². The van der Waals surface area contributed by atoms with E-state index < -0.39 is 0 Å². The van der Waals surface area contributed by atoms with Gasteiger partial charge in [0.1, 0.15) is 6.20 Å². The van der Waals surface area contributed by atoms with Gasteiger partial charge in [-0.1, -0.05) is 0 Å². The van der Waals surface area contributed by atoms with Crippen molar-refractivity contribution in [3.63, 3.8) is 0 Å². The maximum atomic E-state index is 5.25. The van der Waals surface area contributed by atoms with Gasteiger partial charge < -0.3 is 11.5 Å². The lowest BCUT2D eigenvalue weighted by molar-refractivity contribution is -0.275. The van der Waals surface area contributed by atoms with Crippen molar-refractivity contribution in [3.8, 4) is 0 Å². The molecule has 0 aliphatic carbocycles. The fourth-order valence-electron chi connectivity index (χ4n) is 0.191. The number of quaternary nitrogens is 1. The van der Waals surface area contributed by atoms with E-state index in [1.54, 1.807) is 12.3 Å². The Labute approximate surface area is 64.9 Å². The van der Waals surface area contributed by atoms with E-state index in [-0.39, 0.29) is 0 Å². The van der Waals surface area contributed by atoms with Gasteiger partial charge in [-0.2, -0.15) is 0 Å². The highest BCUT2D eigenvalue weighted by atomic mass is 79.9. The molecule has 0 bridgehead atoms. The van der Waals surface area contributed by atoms with Crippen LogP contribution in [-0.2, 0) is 0 Å². The molecule has 8 heavy (non-hydrogen) atoms. The summed E-state index contributed by atoms with van der Waals surface area (Å²) in [5.74, 6) is 0. The maximum absolute atomic E-state index is 5.25. The van der Waals surface area contributed by atoms with Crippen LogP contribution in [0.5, 0.6) is 0 Å². The summed E-state index contributed by atoms with van der Waals surface area (Å²) in [4.78, 5) is 0. The van der Waals surface area contributed by atoms with E-state index >= 15 is 0 Å². The van der Waals surface area contributed by atoms with Crippen LogP contribution in [0, 0.1) is 0 Å². The largest absolute Gasteiger partial charge is 0.393 e. The third-order valence-electron chi connectivity index (χ3n) is 0.471. The average molecular weight is 243 g/mol. The molecule has 0 aromatic rings. The van der Waals surface area contributed by atoms with Crippen LogP contribution in [0.1, 0.15) is 0 Å². The second-order valence-electron chi connectivity index (χ2n) is 1.12. The monoisotopic (exact) mass is 241 g/mol. The molecule has 0 rings (SSSR count). The highest BCUT2D eigenvalue weighted by Crippen LogP contribution is 2.07. The van der Waals surface area contributed by atoms with Gasteiger partial charge in [0.2, 0.25) is 0 Å². The fourth-order valence-corrected chi connectivity index (χ4v) is 0.991. The molecule has 46 valence electrons. The number of halogens is 2. The van der Waals surface area contributed by atoms with Crippen molar-refractivity contribution in [1.29, 1.82) is 0 Å². The summed E-state index contributed by atoms with van der Waals surface area (Å²) in [5.41, 5.74) is 8.76. The van der Waals surface area contributed by atoms with Gasteiger partial charge in [-0.15, -0.1) is 0 Å². The summed E-state index contributed by atoms with van der Waals surface area (Å²) in [6.07, 6.45) is 3.38. The van der Waals surface area contributed by atoms with E-state index in [2.05, 4.69) is 37.6 Å². The molecule has 5 N–H and O–H groups in total. The molecule has 0 unspecified atom stereocenters. The second kappa shape index (κ2) is 4.12. The second-order valence-corrected chi connectivity index (χ2v) is 2.95. The van der Waals surface area contributed by atoms with Gasteiger partial charge in [0.25, 0.3) is 0 Å². The third kappa shape index (κ3) is 4.36. The van der Waals surface area contributed by atoms with Gasteiger partial charge in [-0.25, -0.2) is 0 Å². The first-order valence-electron chi connectivity index (χ1n) is 1.94. The smallest absolute Gasteiger partial charge is 0.105 e. The summed E-state index contributed by atoms with van der Waals surface area (Å²) in [7, 11) is 0. The number of hydrogen-bond acceptors (Lipinski definition) is 1. The van der Waals surface area contributed by atoms with Crippen LogP contribution in [0.3, 0.4) is 0 Å². The maximum Gasteiger partial charge on any atom is 0.105 e. The molecule has 0 aromatic heterocycles. The predicted molar refractivity (Wildman–Crippen MR) is 41.1 cm³/mol. The minimum atomic E-state index is 0.587. The van der Waals surface area contributed by atoms with Crippen LogP contribution in [0.25, 0.3) is 0 Å². The van der Waals surface area contributed by atoms with Crippen molar-refractivity contribution in [2.75, 3.05) is 0 Å². The molecule has 0 aliphatic rings. The first kappa shape index (κ1) is 8.20. The lowest BCUT2D eigenvalue weighted by Crippen LogP contribution is -2.39. The molecule has 0 heterocycles. The number of hydrogen-bond donors (Lipinski definition) is 2. The lowest BCUT2D eigenvalue weighted by Gasteiger charge is -1.83. The van der Waals surface area contributed by atoms with E-state index in [0.717, 1.165) is 4.48 Å². The Balaban J connectivity index is 3.89. The molecule has 2 nitrogen and oxygen atoms in total. The van der Waals surface area contributed by atoms with Gasteiger partial charge in [0.05, 0.1) is 9.09 Å². The molecular weight excluding hydrogens is 236 g/mol. The molecule has 0 spiro atoms. The van der Waals surface area contributed by atoms with Crippen molar-refractivity contribution in [2.24, 2.45) is 5.73 Å². The topological polar surface area (TPSA) is 53.7 Å². The van der Waals surface area contributed by atoms with Gasteiger partial charge in [-0.05, 0) is 37.9 Å². The van der Waals surface area contributed by atoms with Crippen LogP contribution in [-0.4, -0.2) is 0 Å². The first-order chi connectivity index (χ1) is 3.66. The SMILES string of the molecule is NC(Br)=CC(Br)=C[NH3+]. The van der Waals surface area contributed by atoms with Crippen molar-refractivity contribution in [1.82, 2.24) is 0 Å². The minimum absolute atomic E-state index is 0.587. The Hall–Kier alpha value is 0.200. The van der Waals surface area contributed by atoms with Crippen LogP contribution in [0.4, 0.5) is 0 Å². The number of nitrogens with two attached hydrogens (primary N) is 1. The number of allylic oxidation sites excluding steroid dienone is 2. The highest BCUT2D eigenvalue weighted by molar-refractivity contribution is 9.12. The summed E-state index contributed by atoms with van der Waals surface area (Å²) in [6.45, 7) is 0. The fraction of sp³-hybridized carbons (Fsp3) is 0. The van der Waals surface area contributed by atoms with Crippen LogP contribution in [0.2, 0.25) is 0 Å². The molecular formula is C4H7Br2N2+. The van der Waals surface area contributed by atoms with E-state index in [1.165, 1.54) is 0 Å². The third-order valence-corrected chi connectivity index (χ3v) is 1.25. The zero-order valence-electron chi connectivity index (χ0n) is 4.20. The Bertz CT molecular complexity index is 124. The summed E-state index contributed by atoms with van der Waals surface area (Å²) >= 11 is 6.25. The Kier molecular flexibility index (Phi) is 4.22. The Morgan fingerprint density at radius 1 is 1.50 bits per heavy atom. The van der Waals surface area contributed by atoms with Crippen molar-refractivity contribution >= 4 is 31.9 Å². The van der Waals surface area contributed by atoms with Crippen molar-refractivity contribution in [2.45, 2.75) is 0 Å². The van der Waals surface area contributed by atoms with Crippen molar-refractivity contribution in [3.05, 3.63) is 21.4 Å². The van der Waals surface area contributed by atoms with Crippen LogP contribution < -0.4 is 11.5 Å². The number of rotatable bonds is 1. The molecule has 0 radical (unpaired) electrons. The average Bonchev–Trinajstić information content (AvgIpc) is 1.65. The minimum Gasteiger partial charge on any atom is -0.393 e. The zero-order valence-corrected chi connectivity index (χ0v) is 7.37. The standard InChI is InChI=1S/C4H6Br2N2/c5-3(2-7)1-4(6)8/h1-2H,7-8H2/p+1. The summed E-state index contributed by atoms with van der Waals surface area (Å²) < 4.78 is 1.45. The molecule has 0 atom stereocenters.